The fourth-order valence-electron chi connectivity index (χ4n) is 3.73. The Balaban J connectivity index is 2.03. The highest BCUT2D eigenvalue weighted by Crippen LogP contribution is 2.22. The highest BCUT2D eigenvalue weighted by molar-refractivity contribution is 6.08. The van der Waals surface area contributed by atoms with E-state index in [4.69, 9.17) is 14.9 Å². The third-order valence-corrected chi connectivity index (χ3v) is 5.78. The maximum absolute atomic E-state index is 11.6. The van der Waals surface area contributed by atoms with Crippen LogP contribution in [0.25, 0.3) is 0 Å². The van der Waals surface area contributed by atoms with Crippen LogP contribution in [0.5, 0.6) is 5.75 Å². The molecule has 0 aliphatic carbocycles. The number of hydrogen-bond acceptors (Lipinski definition) is 7. The SMILES string of the molecule is CCN[C@H](C)c1cc(C(=N)N=C(OCCCCCC(C)CC(=O)CC)c2ncc[nH]2)c(OC)cn1. The van der Waals surface area contributed by atoms with Gasteiger partial charge in [0.15, 0.2) is 11.7 Å². The van der Waals surface area contributed by atoms with E-state index in [0.29, 0.717) is 48.3 Å². The van der Waals surface area contributed by atoms with Crippen molar-refractivity contribution >= 4 is 17.5 Å². The number of rotatable bonds is 15. The van der Waals surface area contributed by atoms with Gasteiger partial charge >= 0.3 is 0 Å². The molecule has 2 atom stereocenters. The maximum atomic E-state index is 11.6. The second-order valence-corrected chi connectivity index (χ2v) is 8.69. The minimum atomic E-state index is 0.00927. The largest absolute Gasteiger partial charge is 0.494 e. The fraction of sp³-hybridized carbons (Fsp3) is 0.577. The molecule has 2 rings (SSSR count). The number of amidine groups is 1. The summed E-state index contributed by atoms with van der Waals surface area (Å²) >= 11 is 0. The Morgan fingerprint density at radius 3 is 2.69 bits per heavy atom. The van der Waals surface area contributed by atoms with Gasteiger partial charge in [-0.25, -0.2) is 4.98 Å². The number of methoxy groups -OCH3 is 1. The Morgan fingerprint density at radius 2 is 2.03 bits per heavy atom. The van der Waals surface area contributed by atoms with Crippen LogP contribution in [0, 0.1) is 11.3 Å². The van der Waals surface area contributed by atoms with Crippen molar-refractivity contribution in [2.24, 2.45) is 10.9 Å². The summed E-state index contributed by atoms with van der Waals surface area (Å²) < 4.78 is 11.4. The molecule has 0 saturated heterocycles. The molecular weight excluding hydrogens is 444 g/mol. The number of carbonyl (C=O) groups excluding carboxylic acids is 1. The van der Waals surface area contributed by atoms with Crippen LogP contribution in [-0.4, -0.2) is 52.7 Å². The number of Topliss-reactive ketones (excluding diaryl/α,β-unsaturated/α-hetero) is 1. The molecule has 9 nitrogen and oxygen atoms in total. The number of hydrogen-bond donors (Lipinski definition) is 3. The van der Waals surface area contributed by atoms with Gasteiger partial charge in [-0.15, -0.1) is 0 Å². The van der Waals surface area contributed by atoms with Crippen LogP contribution < -0.4 is 10.1 Å². The van der Waals surface area contributed by atoms with Crippen LogP contribution in [0.4, 0.5) is 0 Å². The number of ether oxygens (including phenoxy) is 2. The highest BCUT2D eigenvalue weighted by atomic mass is 16.5. The second kappa shape index (κ2) is 15.0. The van der Waals surface area contributed by atoms with Gasteiger partial charge < -0.3 is 19.8 Å². The Labute approximate surface area is 208 Å². The molecule has 0 amide bonds. The van der Waals surface area contributed by atoms with Gasteiger partial charge in [0.1, 0.15) is 11.5 Å². The Hall–Kier alpha value is -3.07. The first-order chi connectivity index (χ1) is 16.9. The molecule has 0 fully saturated rings. The summed E-state index contributed by atoms with van der Waals surface area (Å²) in [6.07, 6.45) is 10.1. The first kappa shape index (κ1) is 28.2. The molecule has 2 heterocycles. The minimum absolute atomic E-state index is 0.00927. The van der Waals surface area contributed by atoms with Crippen molar-refractivity contribution in [1.29, 1.82) is 5.41 Å². The number of imidazole rings is 1. The smallest absolute Gasteiger partial charge is 0.259 e. The summed E-state index contributed by atoms with van der Waals surface area (Å²) in [5.41, 5.74) is 1.34. The molecule has 0 aromatic carbocycles. The average Bonchev–Trinajstić information content (AvgIpc) is 3.39. The summed E-state index contributed by atoms with van der Waals surface area (Å²) in [7, 11) is 1.55. The van der Waals surface area contributed by atoms with E-state index < -0.39 is 0 Å². The highest BCUT2D eigenvalue weighted by Gasteiger charge is 2.17. The summed E-state index contributed by atoms with van der Waals surface area (Å²) in [5, 5.41) is 12.0. The number of H-pyrrole nitrogens is 1. The van der Waals surface area contributed by atoms with E-state index in [2.05, 4.69) is 32.2 Å². The number of unbranched alkanes of at least 4 members (excludes halogenated alkanes) is 2. The predicted octanol–water partition coefficient (Wildman–Crippen LogP) is 4.84. The number of aromatic amines is 1. The van der Waals surface area contributed by atoms with E-state index in [1.807, 2.05) is 26.8 Å². The fourth-order valence-corrected chi connectivity index (χ4v) is 3.73. The lowest BCUT2D eigenvalue weighted by Crippen LogP contribution is -2.19. The summed E-state index contributed by atoms with van der Waals surface area (Å²) in [6.45, 7) is 9.38. The lowest BCUT2D eigenvalue weighted by molar-refractivity contribution is -0.119. The Morgan fingerprint density at radius 1 is 1.23 bits per heavy atom. The topological polar surface area (TPSA) is 125 Å². The quantitative estimate of drug-likeness (QED) is 0.189. The van der Waals surface area contributed by atoms with Gasteiger partial charge in [0.2, 0.25) is 0 Å². The third kappa shape index (κ3) is 9.24. The van der Waals surface area contributed by atoms with Crippen LogP contribution in [0.3, 0.4) is 0 Å². The monoisotopic (exact) mass is 484 g/mol. The molecule has 35 heavy (non-hydrogen) atoms. The van der Waals surface area contributed by atoms with Gasteiger partial charge in [0.05, 0.1) is 31.2 Å². The van der Waals surface area contributed by atoms with E-state index in [0.717, 1.165) is 37.9 Å². The normalized spacial score (nSPS) is 13.3. The number of pyridine rings is 1. The molecule has 0 aliphatic rings. The summed E-state index contributed by atoms with van der Waals surface area (Å²) in [4.78, 5) is 27.8. The molecule has 0 aliphatic heterocycles. The van der Waals surface area contributed by atoms with Crippen molar-refractivity contribution in [2.75, 3.05) is 20.3 Å². The van der Waals surface area contributed by atoms with Crippen LogP contribution in [0.2, 0.25) is 0 Å². The van der Waals surface area contributed by atoms with Crippen molar-refractivity contribution in [1.82, 2.24) is 20.3 Å². The number of nitrogens with zero attached hydrogens (tertiary/aromatic N) is 3. The first-order valence-corrected chi connectivity index (χ1v) is 12.5. The summed E-state index contributed by atoms with van der Waals surface area (Å²) in [6, 6.07) is 1.85. The molecule has 0 radical (unpaired) electrons. The van der Waals surface area contributed by atoms with Crippen molar-refractivity contribution in [3.63, 3.8) is 0 Å². The first-order valence-electron chi connectivity index (χ1n) is 12.5. The second-order valence-electron chi connectivity index (χ2n) is 8.69. The van der Waals surface area contributed by atoms with Gasteiger partial charge in [0.25, 0.3) is 5.90 Å². The van der Waals surface area contributed by atoms with Crippen molar-refractivity contribution in [3.8, 4) is 5.75 Å². The van der Waals surface area contributed by atoms with Crippen LogP contribution in [0.1, 0.15) is 89.3 Å². The van der Waals surface area contributed by atoms with Crippen LogP contribution in [0.15, 0.2) is 29.6 Å². The molecule has 192 valence electrons. The van der Waals surface area contributed by atoms with Gasteiger partial charge in [-0.1, -0.05) is 40.0 Å². The molecule has 9 heteroatoms. The number of nitrogens with one attached hydrogen (secondary N) is 3. The van der Waals surface area contributed by atoms with Crippen LogP contribution >= 0.6 is 0 Å². The van der Waals surface area contributed by atoms with Gasteiger partial charge in [-0.2, -0.15) is 4.99 Å². The summed E-state index contributed by atoms with van der Waals surface area (Å²) in [5.74, 6) is 1.96. The van der Waals surface area contributed by atoms with Gasteiger partial charge in [-0.05, 0) is 31.9 Å². The molecule has 0 saturated carbocycles. The number of carbonyl (C=O) groups is 1. The molecule has 0 bridgehead atoms. The Kier molecular flexibility index (Phi) is 12.1. The van der Waals surface area contributed by atoms with E-state index in [1.54, 1.807) is 25.7 Å². The van der Waals surface area contributed by atoms with E-state index in [1.165, 1.54) is 0 Å². The zero-order chi connectivity index (χ0) is 25.6. The zero-order valence-corrected chi connectivity index (χ0v) is 21.7. The zero-order valence-electron chi connectivity index (χ0n) is 21.7. The van der Waals surface area contributed by atoms with Gasteiger partial charge in [0, 0.05) is 31.3 Å². The Bertz CT molecular complexity index is 958. The molecular formula is C26H40N6O3. The standard InChI is InChI=1S/C26H40N6O3/c1-6-20(33)15-18(3)11-9-8-10-14-35-26(25-29-12-13-30-25)32-24(27)21-16-22(19(4)28-7-2)31-17-23(21)34-5/h12-13,16-19,27-28H,6-11,14-15H2,1-5H3,(H,29,30)/t18?,19-/m1/s1. The van der Waals surface area contributed by atoms with E-state index in [-0.39, 0.29) is 17.8 Å². The minimum Gasteiger partial charge on any atom is -0.494 e. The molecule has 1 unspecified atom stereocenters. The molecule has 2 aromatic rings. The average molecular weight is 485 g/mol. The third-order valence-electron chi connectivity index (χ3n) is 5.78. The molecule has 2 aromatic heterocycles. The maximum Gasteiger partial charge on any atom is 0.259 e. The molecule has 0 spiro atoms. The van der Waals surface area contributed by atoms with E-state index in [9.17, 15) is 4.79 Å². The number of aromatic nitrogens is 3. The molecule has 3 N–H and O–H groups in total. The van der Waals surface area contributed by atoms with Crippen molar-refractivity contribution in [2.45, 2.75) is 72.3 Å². The lowest BCUT2D eigenvalue weighted by Gasteiger charge is -2.15. The van der Waals surface area contributed by atoms with Gasteiger partial charge in [-0.3, -0.25) is 15.2 Å². The number of aliphatic imine (C=N–C) groups is 1. The van der Waals surface area contributed by atoms with Crippen molar-refractivity contribution < 1.29 is 14.3 Å². The number of ketones is 1. The predicted molar refractivity (Wildman–Crippen MR) is 138 cm³/mol. The van der Waals surface area contributed by atoms with Crippen LogP contribution in [-0.2, 0) is 9.53 Å². The van der Waals surface area contributed by atoms with Crippen molar-refractivity contribution in [3.05, 3.63) is 41.7 Å². The van der Waals surface area contributed by atoms with E-state index >= 15 is 0 Å². The lowest BCUT2D eigenvalue weighted by atomic mass is 9.97.